The van der Waals surface area contributed by atoms with Gasteiger partial charge in [0.25, 0.3) is 5.76 Å². The van der Waals surface area contributed by atoms with E-state index in [0.29, 0.717) is 0 Å². The first kappa shape index (κ1) is 20.3. The molecule has 1 N–H and O–H groups in total. The van der Waals surface area contributed by atoms with Crippen LogP contribution >= 0.6 is 0 Å². The van der Waals surface area contributed by atoms with Gasteiger partial charge in [0.2, 0.25) is 11.2 Å². The average molecular weight is 419 g/mol. The van der Waals surface area contributed by atoms with Crippen molar-refractivity contribution in [3.8, 4) is 17.2 Å². The molecule has 4 rings (SSSR count). The summed E-state index contributed by atoms with van der Waals surface area (Å²) >= 11 is 0. The number of alkyl halides is 3. The van der Waals surface area contributed by atoms with E-state index in [9.17, 15) is 23.1 Å². The van der Waals surface area contributed by atoms with Gasteiger partial charge in [0.1, 0.15) is 17.1 Å². The first-order valence-electron chi connectivity index (χ1n) is 9.60. The molecule has 0 saturated carbocycles. The maximum Gasteiger partial charge on any atom is 0.453 e. The fourth-order valence-corrected chi connectivity index (χ4v) is 3.68. The number of aryl methyl sites for hydroxylation is 1. The van der Waals surface area contributed by atoms with Crippen LogP contribution in [-0.2, 0) is 12.7 Å². The number of ether oxygens (including phenoxy) is 1. The van der Waals surface area contributed by atoms with Gasteiger partial charge in [0.15, 0.2) is 0 Å². The average Bonchev–Trinajstić information content (AvgIpc) is 3.18. The maximum atomic E-state index is 13.8. The molecule has 0 radical (unpaired) electrons. The minimum Gasteiger partial charge on any atom is -0.507 e. The number of hydrogen-bond donors (Lipinski definition) is 1. The zero-order valence-electron chi connectivity index (χ0n) is 16.3. The second kappa shape index (κ2) is 7.68. The third kappa shape index (κ3) is 3.87. The summed E-state index contributed by atoms with van der Waals surface area (Å²) in [6.45, 7) is 3.48. The quantitative estimate of drug-likeness (QED) is 0.629. The fraction of sp³-hybridized carbons (Fsp3) is 0.318. The molecular formula is C22H20F3NO4. The Morgan fingerprint density at radius 3 is 2.57 bits per heavy atom. The first-order valence-corrected chi connectivity index (χ1v) is 9.60. The molecule has 0 spiro atoms. The molecule has 2 aromatic carbocycles. The number of benzene rings is 2. The van der Waals surface area contributed by atoms with Crippen molar-refractivity contribution < 1.29 is 27.4 Å². The zero-order valence-corrected chi connectivity index (χ0v) is 16.3. The molecule has 0 unspecified atom stereocenters. The summed E-state index contributed by atoms with van der Waals surface area (Å²) in [5.74, 6) is -2.55. The predicted octanol–water partition coefficient (Wildman–Crippen LogP) is 5.21. The molecule has 1 aliphatic heterocycles. The third-order valence-electron chi connectivity index (χ3n) is 5.14. The van der Waals surface area contributed by atoms with Crippen molar-refractivity contribution in [2.24, 2.45) is 0 Å². The topological polar surface area (TPSA) is 62.9 Å². The van der Waals surface area contributed by atoms with Gasteiger partial charge in [-0.3, -0.25) is 9.69 Å². The van der Waals surface area contributed by atoms with E-state index in [0.717, 1.165) is 31.5 Å². The maximum absolute atomic E-state index is 13.8. The molecule has 5 nitrogen and oxygen atoms in total. The third-order valence-corrected chi connectivity index (χ3v) is 5.14. The van der Waals surface area contributed by atoms with Crippen LogP contribution in [0.5, 0.6) is 17.2 Å². The minimum atomic E-state index is -4.96. The van der Waals surface area contributed by atoms with Crippen LogP contribution in [0.4, 0.5) is 13.2 Å². The van der Waals surface area contributed by atoms with Gasteiger partial charge in [-0.25, -0.2) is 0 Å². The molecule has 2 heterocycles. The second-order valence-electron chi connectivity index (χ2n) is 7.43. The van der Waals surface area contributed by atoms with Gasteiger partial charge in [0.05, 0.1) is 10.9 Å². The Morgan fingerprint density at radius 2 is 1.90 bits per heavy atom. The van der Waals surface area contributed by atoms with E-state index in [4.69, 9.17) is 9.15 Å². The van der Waals surface area contributed by atoms with Crippen molar-refractivity contribution in [3.63, 3.8) is 0 Å². The fourth-order valence-electron chi connectivity index (χ4n) is 3.68. The number of phenolic OH excluding ortho intramolecular Hbond substituents is 1. The number of halogens is 3. The summed E-state index contributed by atoms with van der Waals surface area (Å²) in [6.07, 6.45) is -3.02. The van der Waals surface area contributed by atoms with Gasteiger partial charge in [-0.2, -0.15) is 13.2 Å². The van der Waals surface area contributed by atoms with Crippen LogP contribution in [-0.4, -0.2) is 23.1 Å². The van der Waals surface area contributed by atoms with E-state index in [-0.39, 0.29) is 34.6 Å². The standard InChI is InChI=1S/C22H20F3NO4/c1-13-5-4-6-14(11-13)29-20-18(28)15-7-8-17(27)16(12-26-9-2-3-10-26)19(15)30-21(20)22(23,24)25/h4-8,11,27H,2-3,9-10,12H2,1H3. The molecule has 0 amide bonds. The van der Waals surface area contributed by atoms with E-state index < -0.39 is 23.1 Å². The number of likely N-dealkylation sites (tertiary alicyclic amines) is 1. The lowest BCUT2D eigenvalue weighted by Crippen LogP contribution is -2.20. The largest absolute Gasteiger partial charge is 0.507 e. The number of fused-ring (bicyclic) bond motifs is 1. The molecule has 1 fully saturated rings. The molecule has 0 atom stereocenters. The lowest BCUT2D eigenvalue weighted by Gasteiger charge is -2.18. The number of phenols is 1. The zero-order chi connectivity index (χ0) is 21.5. The Labute approximate surface area is 170 Å². The van der Waals surface area contributed by atoms with Crippen molar-refractivity contribution in [3.05, 3.63) is 63.5 Å². The number of rotatable bonds is 4. The highest BCUT2D eigenvalue weighted by Gasteiger charge is 2.41. The Kier molecular flexibility index (Phi) is 5.19. The van der Waals surface area contributed by atoms with E-state index >= 15 is 0 Å². The van der Waals surface area contributed by atoms with Crippen LogP contribution in [0, 0.1) is 6.92 Å². The van der Waals surface area contributed by atoms with Crippen molar-refractivity contribution in [1.29, 1.82) is 0 Å². The van der Waals surface area contributed by atoms with E-state index in [1.807, 2.05) is 4.90 Å². The van der Waals surface area contributed by atoms with Crippen molar-refractivity contribution in [2.45, 2.75) is 32.5 Å². The molecule has 8 heteroatoms. The van der Waals surface area contributed by atoms with Gasteiger partial charge in [-0.1, -0.05) is 12.1 Å². The monoisotopic (exact) mass is 419 g/mol. The van der Waals surface area contributed by atoms with Gasteiger partial charge in [-0.15, -0.1) is 0 Å². The van der Waals surface area contributed by atoms with Crippen molar-refractivity contribution in [2.75, 3.05) is 13.1 Å². The molecule has 1 aromatic heterocycles. The SMILES string of the molecule is Cc1cccc(Oc2c(C(F)(F)F)oc3c(CN4CCCC4)c(O)ccc3c2=O)c1. The molecule has 1 aliphatic rings. The Morgan fingerprint density at radius 1 is 1.17 bits per heavy atom. The van der Waals surface area contributed by atoms with Gasteiger partial charge in [-0.05, 0) is 62.7 Å². The van der Waals surface area contributed by atoms with Crippen molar-refractivity contribution in [1.82, 2.24) is 4.90 Å². The minimum absolute atomic E-state index is 0.0716. The normalized spacial score (nSPS) is 15.1. The van der Waals surface area contributed by atoms with E-state index in [2.05, 4.69) is 0 Å². The summed E-state index contributed by atoms with van der Waals surface area (Å²) in [5.41, 5.74) is -0.272. The number of hydrogen-bond acceptors (Lipinski definition) is 5. The summed E-state index contributed by atoms with van der Waals surface area (Å²) in [4.78, 5) is 15.0. The summed E-state index contributed by atoms with van der Waals surface area (Å²) in [5, 5.41) is 10.2. The lowest BCUT2D eigenvalue weighted by atomic mass is 10.1. The molecule has 3 aromatic rings. The van der Waals surface area contributed by atoms with Crippen LogP contribution < -0.4 is 10.2 Å². The van der Waals surface area contributed by atoms with Crippen LogP contribution in [0.2, 0.25) is 0 Å². The first-order chi connectivity index (χ1) is 14.2. The summed E-state index contributed by atoms with van der Waals surface area (Å²) in [7, 11) is 0. The lowest BCUT2D eigenvalue weighted by molar-refractivity contribution is -0.154. The highest BCUT2D eigenvalue weighted by molar-refractivity contribution is 5.83. The number of aromatic hydroxyl groups is 1. The molecule has 0 aliphatic carbocycles. The van der Waals surface area contributed by atoms with Crippen molar-refractivity contribution >= 4 is 11.0 Å². The Balaban J connectivity index is 1.91. The van der Waals surface area contributed by atoms with E-state index in [1.165, 1.54) is 24.3 Å². The van der Waals surface area contributed by atoms with E-state index in [1.54, 1.807) is 19.1 Å². The Bertz CT molecular complexity index is 1150. The van der Waals surface area contributed by atoms with Gasteiger partial charge < -0.3 is 14.3 Å². The van der Waals surface area contributed by atoms with Crippen LogP contribution in [0.3, 0.4) is 0 Å². The highest BCUT2D eigenvalue weighted by Crippen LogP contribution is 2.40. The van der Waals surface area contributed by atoms with Crippen LogP contribution in [0.25, 0.3) is 11.0 Å². The molecular weight excluding hydrogens is 399 g/mol. The molecule has 30 heavy (non-hydrogen) atoms. The smallest absolute Gasteiger partial charge is 0.453 e. The van der Waals surface area contributed by atoms with Crippen LogP contribution in [0.15, 0.2) is 45.6 Å². The predicted molar refractivity (Wildman–Crippen MR) is 105 cm³/mol. The molecule has 0 bridgehead atoms. The molecule has 158 valence electrons. The highest BCUT2D eigenvalue weighted by atomic mass is 19.4. The summed E-state index contributed by atoms with van der Waals surface area (Å²) in [6, 6.07) is 8.92. The molecule has 1 saturated heterocycles. The summed E-state index contributed by atoms with van der Waals surface area (Å²) < 4.78 is 52.0. The Hall–Kier alpha value is -3.00. The number of nitrogens with zero attached hydrogens (tertiary/aromatic N) is 1. The second-order valence-corrected chi connectivity index (χ2v) is 7.43. The van der Waals surface area contributed by atoms with Crippen LogP contribution in [0.1, 0.15) is 29.7 Å². The van der Waals surface area contributed by atoms with Gasteiger partial charge in [0, 0.05) is 6.54 Å². The van der Waals surface area contributed by atoms with Gasteiger partial charge >= 0.3 is 6.18 Å².